The summed E-state index contributed by atoms with van der Waals surface area (Å²) >= 11 is 0. The Balaban J connectivity index is 2.19. The van der Waals surface area contributed by atoms with Gasteiger partial charge in [0.25, 0.3) is 0 Å². The first-order valence-corrected chi connectivity index (χ1v) is 5.50. The quantitative estimate of drug-likeness (QED) is 0.720. The lowest BCUT2D eigenvalue weighted by atomic mass is 9.92. The lowest BCUT2D eigenvalue weighted by Crippen LogP contribution is -2.43. The minimum absolute atomic E-state index is 0.0662. The van der Waals surface area contributed by atoms with E-state index in [1.807, 2.05) is 0 Å². The average Bonchev–Trinajstić information content (AvgIpc) is 2.17. The van der Waals surface area contributed by atoms with E-state index in [0.29, 0.717) is 6.04 Å². The first-order valence-electron chi connectivity index (χ1n) is 5.50. The number of hydrogen-bond donors (Lipinski definition) is 2. The number of ether oxygens (including phenoxy) is 1. The lowest BCUT2D eigenvalue weighted by Gasteiger charge is -2.30. The predicted molar refractivity (Wildman–Crippen MR) is 57.4 cm³/mol. The van der Waals surface area contributed by atoms with Crippen molar-refractivity contribution in [1.82, 2.24) is 5.32 Å². The molecule has 3 nitrogen and oxygen atoms in total. The van der Waals surface area contributed by atoms with Crippen molar-refractivity contribution in [3.05, 3.63) is 0 Å². The molecule has 14 heavy (non-hydrogen) atoms. The molecule has 3 heteroatoms. The summed E-state index contributed by atoms with van der Waals surface area (Å²) in [5.41, 5.74) is -0.0872. The molecule has 1 aliphatic carbocycles. The van der Waals surface area contributed by atoms with E-state index in [0.717, 1.165) is 32.2 Å². The molecule has 0 radical (unpaired) electrons. The maximum atomic E-state index is 9.35. The van der Waals surface area contributed by atoms with E-state index in [1.165, 1.54) is 0 Å². The fraction of sp³-hybridized carbons (Fsp3) is 1.00. The number of aliphatic hydroxyl groups is 1. The Labute approximate surface area is 86.8 Å². The summed E-state index contributed by atoms with van der Waals surface area (Å²) in [4.78, 5) is 0. The highest BCUT2D eigenvalue weighted by Gasteiger charge is 2.22. The minimum atomic E-state index is -0.0872. The highest BCUT2D eigenvalue weighted by atomic mass is 16.5. The van der Waals surface area contributed by atoms with Crippen LogP contribution in [0.4, 0.5) is 0 Å². The molecule has 1 aliphatic rings. The molecule has 1 fully saturated rings. The topological polar surface area (TPSA) is 41.5 Å². The van der Waals surface area contributed by atoms with E-state index in [4.69, 9.17) is 4.74 Å². The van der Waals surface area contributed by atoms with Crippen LogP contribution in [-0.4, -0.2) is 36.5 Å². The first-order chi connectivity index (χ1) is 6.53. The van der Waals surface area contributed by atoms with Gasteiger partial charge < -0.3 is 15.2 Å². The highest BCUT2D eigenvalue weighted by Crippen LogP contribution is 2.19. The molecule has 1 saturated carbocycles. The summed E-state index contributed by atoms with van der Waals surface area (Å²) in [6.45, 7) is 5.04. The Kier molecular flexibility index (Phi) is 4.35. The zero-order chi connectivity index (χ0) is 10.6. The van der Waals surface area contributed by atoms with E-state index < -0.39 is 0 Å². The highest BCUT2D eigenvalue weighted by molar-refractivity contribution is 4.80. The second-order valence-corrected chi connectivity index (χ2v) is 4.85. The summed E-state index contributed by atoms with van der Waals surface area (Å²) in [5.74, 6) is 0. The molecule has 0 aromatic heterocycles. The largest absolute Gasteiger partial charge is 0.393 e. The summed E-state index contributed by atoms with van der Waals surface area (Å²) in [6.07, 6.45) is 3.97. The minimum Gasteiger partial charge on any atom is -0.393 e. The molecule has 0 saturated heterocycles. The Morgan fingerprint density at radius 1 is 1.29 bits per heavy atom. The first kappa shape index (κ1) is 12.0. The maximum absolute atomic E-state index is 9.35. The van der Waals surface area contributed by atoms with Crippen LogP contribution in [0.2, 0.25) is 0 Å². The Morgan fingerprint density at radius 2 is 1.86 bits per heavy atom. The Bertz CT molecular complexity index is 163. The third kappa shape index (κ3) is 3.95. The molecule has 0 bridgehead atoms. The maximum Gasteiger partial charge on any atom is 0.0746 e. The van der Waals surface area contributed by atoms with Gasteiger partial charge in [-0.15, -0.1) is 0 Å². The molecular formula is C11H23NO2. The number of rotatable bonds is 4. The predicted octanol–water partition coefficient (Wildman–Crippen LogP) is 1.30. The molecule has 0 aromatic rings. The van der Waals surface area contributed by atoms with Gasteiger partial charge in [0.15, 0.2) is 0 Å². The van der Waals surface area contributed by atoms with Gasteiger partial charge in [-0.1, -0.05) is 0 Å². The van der Waals surface area contributed by atoms with Gasteiger partial charge in [0.05, 0.1) is 11.7 Å². The van der Waals surface area contributed by atoms with Crippen molar-refractivity contribution < 1.29 is 9.84 Å². The van der Waals surface area contributed by atoms with Crippen molar-refractivity contribution in [2.24, 2.45) is 0 Å². The van der Waals surface area contributed by atoms with Crippen molar-refractivity contribution in [2.75, 3.05) is 13.7 Å². The number of aliphatic hydroxyl groups excluding tert-OH is 1. The van der Waals surface area contributed by atoms with Gasteiger partial charge in [-0.3, -0.25) is 0 Å². The fourth-order valence-corrected chi connectivity index (χ4v) is 1.74. The molecule has 2 N–H and O–H groups in total. The molecule has 0 heterocycles. The van der Waals surface area contributed by atoms with Gasteiger partial charge in [-0.2, -0.15) is 0 Å². The molecular weight excluding hydrogens is 178 g/mol. The van der Waals surface area contributed by atoms with Gasteiger partial charge in [0.2, 0.25) is 0 Å². The molecule has 0 aromatic carbocycles. The molecule has 1 rings (SSSR count). The van der Waals surface area contributed by atoms with Crippen molar-refractivity contribution in [2.45, 2.75) is 57.3 Å². The third-order valence-electron chi connectivity index (χ3n) is 3.07. The van der Waals surface area contributed by atoms with Gasteiger partial charge in [-0.25, -0.2) is 0 Å². The monoisotopic (exact) mass is 201 g/mol. The van der Waals surface area contributed by atoms with Crippen LogP contribution in [0.15, 0.2) is 0 Å². The zero-order valence-electron chi connectivity index (χ0n) is 9.55. The van der Waals surface area contributed by atoms with E-state index in [1.54, 1.807) is 7.11 Å². The van der Waals surface area contributed by atoms with Crippen LogP contribution < -0.4 is 5.32 Å². The number of nitrogens with one attached hydrogen (secondary N) is 1. The van der Waals surface area contributed by atoms with Gasteiger partial charge in [-0.05, 0) is 39.5 Å². The van der Waals surface area contributed by atoms with E-state index >= 15 is 0 Å². The molecule has 84 valence electrons. The number of hydrogen-bond acceptors (Lipinski definition) is 3. The third-order valence-corrected chi connectivity index (χ3v) is 3.07. The average molecular weight is 201 g/mol. The molecule has 0 amide bonds. The normalized spacial score (nSPS) is 29.1. The van der Waals surface area contributed by atoms with Crippen LogP contribution >= 0.6 is 0 Å². The van der Waals surface area contributed by atoms with Crippen molar-refractivity contribution in [1.29, 1.82) is 0 Å². The van der Waals surface area contributed by atoms with E-state index in [9.17, 15) is 5.11 Å². The Hall–Kier alpha value is -0.120. The van der Waals surface area contributed by atoms with Crippen LogP contribution in [-0.2, 0) is 4.74 Å². The molecule has 0 atom stereocenters. The van der Waals surface area contributed by atoms with Gasteiger partial charge in [0.1, 0.15) is 0 Å². The zero-order valence-corrected chi connectivity index (χ0v) is 9.55. The van der Waals surface area contributed by atoms with Crippen molar-refractivity contribution in [3.8, 4) is 0 Å². The second kappa shape index (κ2) is 5.10. The van der Waals surface area contributed by atoms with Crippen LogP contribution in [0.1, 0.15) is 39.5 Å². The molecule has 0 unspecified atom stereocenters. The number of methoxy groups -OCH3 is 1. The van der Waals surface area contributed by atoms with E-state index in [-0.39, 0.29) is 11.7 Å². The summed E-state index contributed by atoms with van der Waals surface area (Å²) < 4.78 is 5.34. The van der Waals surface area contributed by atoms with Crippen LogP contribution in [0.5, 0.6) is 0 Å². The molecule has 0 spiro atoms. The fourth-order valence-electron chi connectivity index (χ4n) is 1.74. The lowest BCUT2D eigenvalue weighted by molar-refractivity contribution is 0.0181. The standard InChI is InChI=1S/C11H23NO2/c1-11(2,14-3)8-12-9-4-6-10(13)7-5-9/h9-10,12-13H,4-8H2,1-3H3. The van der Waals surface area contributed by atoms with Crippen LogP contribution in [0.25, 0.3) is 0 Å². The summed E-state index contributed by atoms with van der Waals surface area (Å²) in [7, 11) is 1.74. The van der Waals surface area contributed by atoms with E-state index in [2.05, 4.69) is 19.2 Å². The van der Waals surface area contributed by atoms with Crippen molar-refractivity contribution >= 4 is 0 Å². The summed E-state index contributed by atoms with van der Waals surface area (Å²) in [6, 6.07) is 0.563. The van der Waals surface area contributed by atoms with Gasteiger partial charge in [0, 0.05) is 19.7 Å². The molecule has 0 aliphatic heterocycles. The summed E-state index contributed by atoms with van der Waals surface area (Å²) in [5, 5.41) is 12.8. The van der Waals surface area contributed by atoms with Crippen LogP contribution in [0, 0.1) is 0 Å². The Morgan fingerprint density at radius 3 is 2.36 bits per heavy atom. The SMILES string of the molecule is COC(C)(C)CNC1CCC(O)CC1. The van der Waals surface area contributed by atoms with Gasteiger partial charge >= 0.3 is 0 Å². The second-order valence-electron chi connectivity index (χ2n) is 4.85. The van der Waals surface area contributed by atoms with Crippen LogP contribution in [0.3, 0.4) is 0 Å². The van der Waals surface area contributed by atoms with Crippen molar-refractivity contribution in [3.63, 3.8) is 0 Å². The smallest absolute Gasteiger partial charge is 0.0746 e.